The second-order valence-electron chi connectivity index (χ2n) is 4.78. The van der Waals surface area contributed by atoms with Crippen LogP contribution in [0.4, 0.5) is 28.0 Å². The number of nitrogens with zero attached hydrogens (tertiary/aromatic N) is 4. The molecule has 1 heterocycles. The van der Waals surface area contributed by atoms with Crippen LogP contribution in [-0.4, -0.2) is 36.1 Å². The number of carbonyl (C=O) groups is 2. The average Bonchev–Trinajstić information content (AvgIpc) is 2.82. The first kappa shape index (κ1) is 17.2. The normalized spacial score (nSPS) is 16.1. The van der Waals surface area contributed by atoms with Gasteiger partial charge in [-0.3, -0.25) is 9.69 Å². The summed E-state index contributed by atoms with van der Waals surface area (Å²) in [5.74, 6) is -0.897. The summed E-state index contributed by atoms with van der Waals surface area (Å²) in [6.45, 7) is -1.84. The molecular weight excluding hydrogens is 332 g/mol. The summed E-state index contributed by atoms with van der Waals surface area (Å²) in [7, 11) is 0. The first-order chi connectivity index (χ1) is 11.2. The van der Waals surface area contributed by atoms with Gasteiger partial charge in [-0.05, 0) is 18.2 Å². The van der Waals surface area contributed by atoms with Crippen LogP contribution in [0.5, 0.6) is 0 Å². The Labute approximate surface area is 133 Å². The average molecular weight is 340 g/mol. The molecule has 3 amide bonds. The number of imide groups is 1. The lowest BCUT2D eigenvalue weighted by Gasteiger charge is -2.20. The predicted molar refractivity (Wildman–Crippen MR) is 71.1 cm³/mol. The van der Waals surface area contributed by atoms with Crippen LogP contribution in [0.2, 0.25) is 0 Å². The third-order valence-corrected chi connectivity index (χ3v) is 3.35. The number of hydrogen-bond donors (Lipinski definition) is 0. The number of hydrogen-bond acceptors (Lipinski definition) is 4. The molecule has 0 aliphatic carbocycles. The number of benzene rings is 1. The quantitative estimate of drug-likeness (QED) is 0.623. The molecule has 24 heavy (non-hydrogen) atoms. The first-order valence-corrected chi connectivity index (χ1v) is 6.45. The molecule has 6 nitrogen and oxygen atoms in total. The van der Waals surface area contributed by atoms with Crippen molar-refractivity contribution < 1.29 is 27.2 Å². The molecule has 1 fully saturated rings. The molecule has 0 aromatic heterocycles. The van der Waals surface area contributed by atoms with E-state index in [4.69, 9.17) is 10.5 Å². The molecule has 1 aromatic carbocycles. The van der Waals surface area contributed by atoms with Crippen molar-refractivity contribution in [3.63, 3.8) is 0 Å². The minimum atomic E-state index is -4.86. The number of carbonyl (C=O) groups excluding carboxylic acids is 2. The van der Waals surface area contributed by atoms with Gasteiger partial charge in [0.1, 0.15) is 19.3 Å². The molecular formula is C14H8F4N4O2. The van der Waals surface area contributed by atoms with Crippen LogP contribution in [-0.2, 0) is 11.0 Å². The third kappa shape index (κ3) is 2.86. The highest BCUT2D eigenvalue weighted by atomic mass is 19.4. The standard InChI is InChI=1S/C14H8F4N4O2/c15-4-10(6-20)21-7-12(23)22(13(21)24)9-2-1-8(5-19)11(3-9)14(16,17)18/h1-3,10H,4,7H2. The largest absolute Gasteiger partial charge is 0.417 e. The highest BCUT2D eigenvalue weighted by Crippen LogP contribution is 2.35. The van der Waals surface area contributed by atoms with Crippen molar-refractivity contribution in [2.75, 3.05) is 18.1 Å². The highest BCUT2D eigenvalue weighted by Gasteiger charge is 2.42. The highest BCUT2D eigenvalue weighted by molar-refractivity contribution is 6.20. The van der Waals surface area contributed by atoms with Gasteiger partial charge in [-0.15, -0.1) is 0 Å². The van der Waals surface area contributed by atoms with Crippen molar-refractivity contribution in [1.82, 2.24) is 4.90 Å². The number of rotatable bonds is 3. The summed E-state index contributed by atoms with van der Waals surface area (Å²) >= 11 is 0. The fourth-order valence-corrected chi connectivity index (χ4v) is 2.21. The Hall–Kier alpha value is -3.14. The molecule has 0 radical (unpaired) electrons. The van der Waals surface area contributed by atoms with Crippen molar-refractivity contribution in [2.24, 2.45) is 0 Å². The van der Waals surface area contributed by atoms with Gasteiger partial charge >= 0.3 is 12.2 Å². The van der Waals surface area contributed by atoms with E-state index in [0.29, 0.717) is 15.9 Å². The maximum atomic E-state index is 13.0. The number of nitriles is 2. The van der Waals surface area contributed by atoms with Crippen LogP contribution in [0.3, 0.4) is 0 Å². The maximum absolute atomic E-state index is 13.0. The van der Waals surface area contributed by atoms with Crippen molar-refractivity contribution in [1.29, 1.82) is 10.5 Å². The van der Waals surface area contributed by atoms with Gasteiger partial charge < -0.3 is 0 Å². The van der Waals surface area contributed by atoms with Gasteiger partial charge in [-0.25, -0.2) is 14.1 Å². The van der Waals surface area contributed by atoms with Gasteiger partial charge in [0.15, 0.2) is 0 Å². The lowest BCUT2D eigenvalue weighted by atomic mass is 10.1. The summed E-state index contributed by atoms with van der Waals surface area (Å²) < 4.78 is 51.6. The predicted octanol–water partition coefficient (Wildman–Crippen LogP) is 2.21. The van der Waals surface area contributed by atoms with Crippen molar-refractivity contribution in [3.8, 4) is 12.1 Å². The summed E-state index contributed by atoms with van der Waals surface area (Å²) in [6.07, 6.45) is -4.86. The topological polar surface area (TPSA) is 88.2 Å². The fourth-order valence-electron chi connectivity index (χ4n) is 2.21. The van der Waals surface area contributed by atoms with Gasteiger partial charge in [0.2, 0.25) is 0 Å². The molecule has 1 unspecified atom stereocenters. The van der Waals surface area contributed by atoms with Gasteiger partial charge in [0, 0.05) is 0 Å². The van der Waals surface area contributed by atoms with Crippen LogP contribution in [0, 0.1) is 22.7 Å². The molecule has 2 rings (SSSR count). The molecule has 124 valence electrons. The molecule has 0 N–H and O–H groups in total. The van der Waals surface area contributed by atoms with Gasteiger partial charge in [-0.2, -0.15) is 23.7 Å². The Morgan fingerprint density at radius 2 is 1.92 bits per heavy atom. The molecule has 1 saturated heterocycles. The minimum absolute atomic E-state index is 0.408. The van der Waals surface area contributed by atoms with E-state index < -0.39 is 54.2 Å². The van der Waals surface area contributed by atoms with Crippen molar-refractivity contribution in [3.05, 3.63) is 29.3 Å². The zero-order valence-electron chi connectivity index (χ0n) is 11.8. The third-order valence-electron chi connectivity index (χ3n) is 3.35. The maximum Gasteiger partial charge on any atom is 0.417 e. The molecule has 1 aromatic rings. The Morgan fingerprint density at radius 1 is 1.25 bits per heavy atom. The summed E-state index contributed by atoms with van der Waals surface area (Å²) in [5, 5.41) is 17.5. The van der Waals surface area contributed by atoms with E-state index in [2.05, 4.69) is 0 Å². The van der Waals surface area contributed by atoms with Gasteiger partial charge in [0.05, 0.1) is 29.0 Å². The molecule has 0 saturated carbocycles. The van der Waals surface area contributed by atoms with Crippen LogP contribution >= 0.6 is 0 Å². The Morgan fingerprint density at radius 3 is 2.42 bits per heavy atom. The van der Waals surface area contributed by atoms with Gasteiger partial charge in [0.25, 0.3) is 5.91 Å². The zero-order valence-corrected chi connectivity index (χ0v) is 11.8. The van der Waals surface area contributed by atoms with Crippen LogP contribution in [0.15, 0.2) is 18.2 Å². The fraction of sp³-hybridized carbons (Fsp3) is 0.286. The van der Waals surface area contributed by atoms with Crippen LogP contribution < -0.4 is 4.90 Å². The number of urea groups is 1. The van der Waals surface area contributed by atoms with E-state index in [1.165, 1.54) is 12.1 Å². The second kappa shape index (κ2) is 6.16. The molecule has 10 heteroatoms. The van der Waals surface area contributed by atoms with E-state index in [1.54, 1.807) is 0 Å². The van der Waals surface area contributed by atoms with Crippen molar-refractivity contribution >= 4 is 17.6 Å². The molecule has 0 spiro atoms. The van der Waals surface area contributed by atoms with E-state index >= 15 is 0 Å². The molecule has 0 bridgehead atoms. The van der Waals surface area contributed by atoms with Crippen LogP contribution in [0.1, 0.15) is 11.1 Å². The number of alkyl halides is 4. The van der Waals surface area contributed by atoms with Crippen LogP contribution in [0.25, 0.3) is 0 Å². The van der Waals surface area contributed by atoms with E-state index in [-0.39, 0.29) is 0 Å². The molecule has 1 atom stereocenters. The van der Waals surface area contributed by atoms with E-state index in [9.17, 15) is 27.2 Å². The summed E-state index contributed by atoms with van der Waals surface area (Å²) in [6, 6.07) is 2.60. The monoisotopic (exact) mass is 340 g/mol. The number of halogens is 4. The SMILES string of the molecule is N#Cc1ccc(N2C(=O)CN(C(C#N)CF)C2=O)cc1C(F)(F)F. The number of amides is 3. The summed E-state index contributed by atoms with van der Waals surface area (Å²) in [5.41, 5.74) is -2.38. The first-order valence-electron chi connectivity index (χ1n) is 6.45. The van der Waals surface area contributed by atoms with E-state index in [0.717, 1.165) is 12.1 Å². The zero-order chi connectivity index (χ0) is 18.1. The van der Waals surface area contributed by atoms with Crippen molar-refractivity contribution in [2.45, 2.75) is 12.2 Å². The van der Waals surface area contributed by atoms with E-state index in [1.807, 2.05) is 0 Å². The molecule has 1 aliphatic heterocycles. The Bertz CT molecular complexity index is 778. The molecule has 1 aliphatic rings. The lowest BCUT2D eigenvalue weighted by molar-refractivity contribution is -0.137. The Kier molecular flexibility index (Phi) is 4.42. The second-order valence-corrected chi connectivity index (χ2v) is 4.78. The lowest BCUT2D eigenvalue weighted by Crippen LogP contribution is -2.40. The summed E-state index contributed by atoms with van der Waals surface area (Å²) in [4.78, 5) is 25.2. The Balaban J connectivity index is 2.46. The van der Waals surface area contributed by atoms with Gasteiger partial charge in [-0.1, -0.05) is 0 Å². The minimum Gasteiger partial charge on any atom is -0.296 e. The number of anilines is 1. The smallest absolute Gasteiger partial charge is 0.296 e.